The fraction of sp³-hybridized carbons (Fsp3) is 0.211. The van der Waals surface area contributed by atoms with Gasteiger partial charge in [-0.3, -0.25) is 20.4 Å². The van der Waals surface area contributed by atoms with Crippen molar-refractivity contribution in [1.29, 1.82) is 0 Å². The van der Waals surface area contributed by atoms with E-state index in [9.17, 15) is 14.0 Å². The third-order valence-corrected chi connectivity index (χ3v) is 3.93. The van der Waals surface area contributed by atoms with Gasteiger partial charge in [0.15, 0.2) is 5.11 Å². The number of amides is 2. The number of thiocarbonyl (C=S) groups is 1. The minimum atomic E-state index is -0.759. The van der Waals surface area contributed by atoms with Crippen molar-refractivity contribution in [2.24, 2.45) is 0 Å². The van der Waals surface area contributed by atoms with Gasteiger partial charge in [-0.05, 0) is 55.9 Å². The van der Waals surface area contributed by atoms with Crippen LogP contribution in [0.4, 0.5) is 4.39 Å². The molecule has 0 spiro atoms. The Labute approximate surface area is 162 Å². The molecule has 0 bridgehead atoms. The summed E-state index contributed by atoms with van der Waals surface area (Å²) in [6.07, 6.45) is 0. The summed E-state index contributed by atoms with van der Waals surface area (Å²) in [6.45, 7) is 3.83. The Hall–Kier alpha value is -3.00. The van der Waals surface area contributed by atoms with Crippen LogP contribution in [0.5, 0.6) is 0 Å². The number of halogens is 1. The fourth-order valence-electron chi connectivity index (χ4n) is 2.19. The molecular weight excluding hydrogens is 367 g/mol. The average molecular weight is 388 g/mol. The molecule has 2 aromatic carbocycles. The number of hydrogen-bond donors (Lipinski definition) is 4. The molecule has 2 rings (SSSR count). The third kappa shape index (κ3) is 6.67. The summed E-state index contributed by atoms with van der Waals surface area (Å²) in [5.41, 5.74) is 7.27. The monoisotopic (exact) mass is 388 g/mol. The number of carbonyl (C=O) groups is 2. The number of rotatable bonds is 5. The molecule has 2 aromatic rings. The number of hydrazine groups is 1. The van der Waals surface area contributed by atoms with Crippen molar-refractivity contribution in [3.8, 4) is 0 Å². The van der Waals surface area contributed by atoms with E-state index >= 15 is 0 Å². The first-order valence-electron chi connectivity index (χ1n) is 8.31. The summed E-state index contributed by atoms with van der Waals surface area (Å²) in [4.78, 5) is 24.2. The first-order valence-corrected chi connectivity index (χ1v) is 8.71. The average Bonchev–Trinajstić information content (AvgIpc) is 2.65. The van der Waals surface area contributed by atoms with Crippen LogP contribution in [0.2, 0.25) is 0 Å². The van der Waals surface area contributed by atoms with Crippen molar-refractivity contribution in [3.05, 3.63) is 71.0 Å². The smallest absolute Gasteiger partial charge is 0.260 e. The Morgan fingerprint density at radius 3 is 2.48 bits per heavy atom. The number of nitrogens with one attached hydrogen (secondary N) is 4. The van der Waals surface area contributed by atoms with E-state index in [0.717, 1.165) is 11.1 Å². The maximum atomic E-state index is 12.9. The molecule has 8 heteroatoms. The van der Waals surface area contributed by atoms with E-state index in [1.807, 2.05) is 13.0 Å². The van der Waals surface area contributed by atoms with Crippen LogP contribution in [-0.2, 0) is 11.3 Å². The molecular formula is C19H21FN4O2S. The second kappa shape index (κ2) is 9.63. The van der Waals surface area contributed by atoms with Gasteiger partial charge < -0.3 is 10.6 Å². The minimum absolute atomic E-state index is 0.199. The second-order valence-corrected chi connectivity index (χ2v) is 6.40. The standard InChI is InChI=1S/C19H21FN4O2S/c1-12-4-3-5-15(10-12)18(26)22-13(2)17(25)23-24-19(27)21-11-14-6-8-16(20)9-7-14/h3-10,13H,11H2,1-2H3,(H,22,26)(H,23,25)(H2,21,24,27)/t13-/m0/s1. The Kier molecular flexibility index (Phi) is 7.25. The van der Waals surface area contributed by atoms with Crippen molar-refractivity contribution < 1.29 is 14.0 Å². The zero-order valence-electron chi connectivity index (χ0n) is 15.0. The molecule has 6 nitrogen and oxygen atoms in total. The molecule has 2 amide bonds. The summed E-state index contributed by atoms with van der Waals surface area (Å²) in [6, 6.07) is 12.3. The first kappa shape index (κ1) is 20.3. The van der Waals surface area contributed by atoms with Crippen LogP contribution in [0.1, 0.15) is 28.4 Å². The van der Waals surface area contributed by atoms with Gasteiger partial charge in [0.2, 0.25) is 0 Å². The minimum Gasteiger partial charge on any atom is -0.357 e. The normalized spacial score (nSPS) is 11.2. The Bertz CT molecular complexity index is 827. The van der Waals surface area contributed by atoms with Gasteiger partial charge in [0.1, 0.15) is 11.9 Å². The van der Waals surface area contributed by atoms with Crippen LogP contribution in [0.15, 0.2) is 48.5 Å². The van der Waals surface area contributed by atoms with E-state index < -0.39 is 11.9 Å². The van der Waals surface area contributed by atoms with Gasteiger partial charge in [0, 0.05) is 12.1 Å². The lowest BCUT2D eigenvalue weighted by Gasteiger charge is -2.16. The predicted molar refractivity (Wildman–Crippen MR) is 105 cm³/mol. The molecule has 0 aromatic heterocycles. The highest BCUT2D eigenvalue weighted by Crippen LogP contribution is 2.04. The largest absolute Gasteiger partial charge is 0.357 e. The zero-order chi connectivity index (χ0) is 19.8. The first-order chi connectivity index (χ1) is 12.8. The number of benzene rings is 2. The highest BCUT2D eigenvalue weighted by molar-refractivity contribution is 7.80. The van der Waals surface area contributed by atoms with Crippen molar-refractivity contribution in [1.82, 2.24) is 21.5 Å². The summed E-state index contributed by atoms with van der Waals surface area (Å²) >= 11 is 5.06. The second-order valence-electron chi connectivity index (χ2n) is 5.99. The highest BCUT2D eigenvalue weighted by Gasteiger charge is 2.16. The van der Waals surface area contributed by atoms with Crippen molar-refractivity contribution in [3.63, 3.8) is 0 Å². The quantitative estimate of drug-likeness (QED) is 0.465. The maximum Gasteiger partial charge on any atom is 0.260 e. The molecule has 142 valence electrons. The van der Waals surface area contributed by atoms with Crippen LogP contribution >= 0.6 is 12.2 Å². The Morgan fingerprint density at radius 2 is 1.81 bits per heavy atom. The molecule has 0 aliphatic heterocycles. The lowest BCUT2D eigenvalue weighted by atomic mass is 10.1. The molecule has 4 N–H and O–H groups in total. The molecule has 0 saturated carbocycles. The molecule has 0 aliphatic rings. The maximum absolute atomic E-state index is 12.9. The zero-order valence-corrected chi connectivity index (χ0v) is 15.8. The summed E-state index contributed by atoms with van der Waals surface area (Å²) in [5, 5.41) is 5.70. The van der Waals surface area contributed by atoms with Gasteiger partial charge >= 0.3 is 0 Å². The summed E-state index contributed by atoms with van der Waals surface area (Å²) in [5.74, 6) is -1.09. The Balaban J connectivity index is 1.74. The molecule has 27 heavy (non-hydrogen) atoms. The fourth-order valence-corrected chi connectivity index (χ4v) is 2.31. The SMILES string of the molecule is Cc1cccc(C(=O)N[C@@H](C)C(=O)NNC(=S)NCc2ccc(F)cc2)c1. The number of hydrogen-bond acceptors (Lipinski definition) is 3. The van der Waals surface area contributed by atoms with Crippen molar-refractivity contribution in [2.75, 3.05) is 0 Å². The molecule has 1 atom stereocenters. The summed E-state index contributed by atoms with van der Waals surface area (Å²) in [7, 11) is 0. The van der Waals surface area contributed by atoms with Crippen LogP contribution in [0, 0.1) is 12.7 Å². The number of aryl methyl sites for hydroxylation is 1. The van der Waals surface area contributed by atoms with Gasteiger partial charge in [-0.1, -0.05) is 29.8 Å². The molecule has 0 unspecified atom stereocenters. The highest BCUT2D eigenvalue weighted by atomic mass is 32.1. The van der Waals surface area contributed by atoms with E-state index in [1.54, 1.807) is 37.3 Å². The Morgan fingerprint density at radius 1 is 1.11 bits per heavy atom. The van der Waals surface area contributed by atoms with Crippen LogP contribution in [0.3, 0.4) is 0 Å². The lowest BCUT2D eigenvalue weighted by Crippen LogP contribution is -2.53. The summed E-state index contributed by atoms with van der Waals surface area (Å²) < 4.78 is 12.9. The van der Waals surface area contributed by atoms with Crippen LogP contribution < -0.4 is 21.5 Å². The molecule has 0 heterocycles. The molecule has 0 radical (unpaired) electrons. The lowest BCUT2D eigenvalue weighted by molar-refractivity contribution is -0.123. The molecule has 0 aliphatic carbocycles. The van der Waals surface area contributed by atoms with Gasteiger partial charge in [0.25, 0.3) is 11.8 Å². The van der Waals surface area contributed by atoms with Gasteiger partial charge in [-0.2, -0.15) is 0 Å². The molecule has 0 saturated heterocycles. The van der Waals surface area contributed by atoms with Crippen LogP contribution in [-0.4, -0.2) is 23.0 Å². The van der Waals surface area contributed by atoms with Crippen LogP contribution in [0.25, 0.3) is 0 Å². The van der Waals surface area contributed by atoms with Crippen molar-refractivity contribution >= 4 is 29.1 Å². The predicted octanol–water partition coefficient (Wildman–Crippen LogP) is 1.95. The van der Waals surface area contributed by atoms with E-state index in [2.05, 4.69) is 21.5 Å². The number of carbonyl (C=O) groups excluding carboxylic acids is 2. The van der Waals surface area contributed by atoms with E-state index in [-0.39, 0.29) is 16.8 Å². The van der Waals surface area contributed by atoms with Gasteiger partial charge in [-0.15, -0.1) is 0 Å². The third-order valence-electron chi connectivity index (χ3n) is 3.69. The van der Waals surface area contributed by atoms with Gasteiger partial charge in [0.05, 0.1) is 0 Å². The molecule has 0 fully saturated rings. The van der Waals surface area contributed by atoms with Gasteiger partial charge in [-0.25, -0.2) is 4.39 Å². The van der Waals surface area contributed by atoms with Crippen molar-refractivity contribution in [2.45, 2.75) is 26.4 Å². The van der Waals surface area contributed by atoms with E-state index in [4.69, 9.17) is 12.2 Å². The van der Waals surface area contributed by atoms with E-state index in [1.165, 1.54) is 12.1 Å². The van der Waals surface area contributed by atoms with E-state index in [0.29, 0.717) is 12.1 Å². The topological polar surface area (TPSA) is 82.3 Å².